The van der Waals surface area contributed by atoms with E-state index in [1.807, 2.05) is 13.8 Å². The summed E-state index contributed by atoms with van der Waals surface area (Å²) in [6.07, 6.45) is 4.34. The summed E-state index contributed by atoms with van der Waals surface area (Å²) in [4.78, 5) is 10.6. The molecule has 0 saturated heterocycles. The molecule has 0 bridgehead atoms. The molecular weight excluding hydrogens is 218 g/mol. The second-order valence-corrected chi connectivity index (χ2v) is 4.72. The number of aryl methyl sites for hydroxylation is 1. The number of nitrogens with zero attached hydrogens (tertiary/aromatic N) is 3. The largest absolute Gasteiger partial charge is 0.476 e. The molecule has 0 spiro atoms. The smallest absolute Gasteiger partial charge is 0.356 e. The van der Waals surface area contributed by atoms with Crippen molar-refractivity contribution in [1.82, 2.24) is 9.78 Å². The van der Waals surface area contributed by atoms with Gasteiger partial charge in [0.15, 0.2) is 5.69 Å². The second-order valence-electron chi connectivity index (χ2n) is 4.72. The summed E-state index contributed by atoms with van der Waals surface area (Å²) in [5.74, 6) is -1.01. The molecule has 0 saturated carbocycles. The first-order valence-electron chi connectivity index (χ1n) is 5.62. The molecule has 0 aliphatic rings. The molecule has 5 heteroatoms. The number of carboxylic acid groups (broad SMARTS) is 1. The molecule has 1 rings (SSSR count). The molecule has 1 aromatic heterocycles. The monoisotopic (exact) mass is 235 g/mol. The van der Waals surface area contributed by atoms with Crippen LogP contribution in [0.15, 0.2) is 12.3 Å². The third-order valence-corrected chi connectivity index (χ3v) is 2.60. The third-order valence-electron chi connectivity index (χ3n) is 2.60. The second kappa shape index (κ2) is 5.48. The Morgan fingerprint density at radius 1 is 1.59 bits per heavy atom. The van der Waals surface area contributed by atoms with Gasteiger partial charge in [0, 0.05) is 12.7 Å². The normalized spacial score (nSPS) is 11.1. The number of carboxylic acids is 1. The van der Waals surface area contributed by atoms with Crippen molar-refractivity contribution in [2.24, 2.45) is 5.41 Å². The average molecular weight is 235 g/mol. The number of unbranched alkanes of at least 4 members (excludes halogenated alkanes) is 1. The highest BCUT2D eigenvalue weighted by Crippen LogP contribution is 2.21. The third kappa shape index (κ3) is 4.27. The van der Waals surface area contributed by atoms with Gasteiger partial charge in [-0.15, -0.1) is 0 Å². The van der Waals surface area contributed by atoms with Gasteiger partial charge < -0.3 is 5.11 Å². The Balaban J connectivity index is 2.32. The van der Waals surface area contributed by atoms with Crippen molar-refractivity contribution in [2.45, 2.75) is 39.7 Å². The maximum absolute atomic E-state index is 10.6. The van der Waals surface area contributed by atoms with Crippen LogP contribution in [0.25, 0.3) is 0 Å². The van der Waals surface area contributed by atoms with Crippen LogP contribution in [-0.4, -0.2) is 20.9 Å². The lowest BCUT2D eigenvalue weighted by Gasteiger charge is -2.14. The van der Waals surface area contributed by atoms with Crippen LogP contribution in [0.2, 0.25) is 0 Å². The molecule has 0 atom stereocenters. The predicted octanol–water partition coefficient (Wildman–Crippen LogP) is 2.30. The highest BCUT2D eigenvalue weighted by molar-refractivity contribution is 5.84. The van der Waals surface area contributed by atoms with Gasteiger partial charge >= 0.3 is 5.97 Å². The first-order valence-corrected chi connectivity index (χ1v) is 5.62. The summed E-state index contributed by atoms with van der Waals surface area (Å²) in [5, 5.41) is 21.5. The Kier molecular flexibility index (Phi) is 4.27. The van der Waals surface area contributed by atoms with E-state index in [2.05, 4.69) is 11.2 Å². The highest BCUT2D eigenvalue weighted by Gasteiger charge is 2.15. The molecule has 0 amide bonds. The van der Waals surface area contributed by atoms with E-state index in [0.29, 0.717) is 6.54 Å². The highest BCUT2D eigenvalue weighted by atomic mass is 16.4. The van der Waals surface area contributed by atoms with Gasteiger partial charge in [0.05, 0.1) is 11.5 Å². The molecule has 0 unspecified atom stereocenters. The number of hydrogen-bond acceptors (Lipinski definition) is 3. The Labute approximate surface area is 101 Å². The maximum Gasteiger partial charge on any atom is 0.356 e. The molecule has 1 aromatic rings. The van der Waals surface area contributed by atoms with Crippen LogP contribution in [0.1, 0.15) is 43.6 Å². The molecule has 0 fully saturated rings. The van der Waals surface area contributed by atoms with Gasteiger partial charge in [0.2, 0.25) is 0 Å². The van der Waals surface area contributed by atoms with E-state index in [1.165, 1.54) is 6.07 Å². The molecule has 0 aromatic carbocycles. The van der Waals surface area contributed by atoms with Gasteiger partial charge in [-0.1, -0.05) is 6.42 Å². The van der Waals surface area contributed by atoms with Gasteiger partial charge in [-0.05, 0) is 32.8 Å². The quantitative estimate of drug-likeness (QED) is 0.767. The van der Waals surface area contributed by atoms with E-state index in [1.54, 1.807) is 10.9 Å². The van der Waals surface area contributed by atoms with E-state index in [-0.39, 0.29) is 11.1 Å². The maximum atomic E-state index is 10.6. The fourth-order valence-electron chi connectivity index (χ4n) is 1.50. The van der Waals surface area contributed by atoms with Gasteiger partial charge in [-0.2, -0.15) is 10.4 Å². The Bertz CT molecular complexity index is 429. The number of rotatable bonds is 6. The molecular formula is C12H17N3O2. The first-order chi connectivity index (χ1) is 7.94. The Hall–Kier alpha value is -1.83. The van der Waals surface area contributed by atoms with Crippen molar-refractivity contribution in [3.05, 3.63) is 18.0 Å². The SMILES string of the molecule is CC(C)(C#N)CCCCn1ccc(C(=O)O)n1. The molecule has 1 heterocycles. The zero-order valence-corrected chi connectivity index (χ0v) is 10.2. The minimum atomic E-state index is -1.01. The summed E-state index contributed by atoms with van der Waals surface area (Å²) < 4.78 is 1.63. The van der Waals surface area contributed by atoms with Crippen molar-refractivity contribution < 1.29 is 9.90 Å². The van der Waals surface area contributed by atoms with Crippen molar-refractivity contribution >= 4 is 5.97 Å². The lowest BCUT2D eigenvalue weighted by molar-refractivity contribution is 0.0689. The summed E-state index contributed by atoms with van der Waals surface area (Å²) in [5.41, 5.74) is -0.210. The zero-order valence-electron chi connectivity index (χ0n) is 10.2. The minimum Gasteiger partial charge on any atom is -0.476 e. The van der Waals surface area contributed by atoms with Crippen molar-refractivity contribution in [3.8, 4) is 6.07 Å². The molecule has 0 radical (unpaired) electrons. The summed E-state index contributed by atoms with van der Waals surface area (Å²) in [7, 11) is 0. The topological polar surface area (TPSA) is 78.9 Å². The van der Waals surface area contributed by atoms with Crippen LogP contribution in [0.5, 0.6) is 0 Å². The number of hydrogen-bond donors (Lipinski definition) is 1. The molecule has 5 nitrogen and oxygen atoms in total. The van der Waals surface area contributed by atoms with Gasteiger partial charge in [-0.25, -0.2) is 4.79 Å². The minimum absolute atomic E-state index is 0.0716. The van der Waals surface area contributed by atoms with Crippen LogP contribution < -0.4 is 0 Å². The first kappa shape index (κ1) is 13.2. The van der Waals surface area contributed by atoms with E-state index in [4.69, 9.17) is 10.4 Å². The predicted molar refractivity (Wildman–Crippen MR) is 62.4 cm³/mol. The van der Waals surface area contributed by atoms with E-state index < -0.39 is 5.97 Å². The van der Waals surface area contributed by atoms with Crippen molar-refractivity contribution in [2.75, 3.05) is 0 Å². The van der Waals surface area contributed by atoms with Crippen molar-refractivity contribution in [1.29, 1.82) is 5.26 Å². The average Bonchev–Trinajstić information content (AvgIpc) is 2.73. The van der Waals surface area contributed by atoms with Gasteiger partial charge in [0.1, 0.15) is 0 Å². The van der Waals surface area contributed by atoms with E-state index >= 15 is 0 Å². The summed E-state index contributed by atoms with van der Waals surface area (Å²) in [6.45, 7) is 4.53. The van der Waals surface area contributed by atoms with Crippen LogP contribution in [-0.2, 0) is 6.54 Å². The molecule has 0 aliphatic heterocycles. The Morgan fingerprint density at radius 2 is 2.29 bits per heavy atom. The fraction of sp³-hybridized carbons (Fsp3) is 0.583. The van der Waals surface area contributed by atoms with Crippen LogP contribution in [0, 0.1) is 16.7 Å². The Morgan fingerprint density at radius 3 is 2.82 bits per heavy atom. The van der Waals surface area contributed by atoms with E-state index in [9.17, 15) is 4.79 Å². The summed E-state index contributed by atoms with van der Waals surface area (Å²) >= 11 is 0. The summed E-state index contributed by atoms with van der Waals surface area (Å²) in [6, 6.07) is 3.75. The molecule has 1 N–H and O–H groups in total. The lowest BCUT2D eigenvalue weighted by atomic mass is 9.89. The van der Waals surface area contributed by atoms with Crippen LogP contribution in [0.3, 0.4) is 0 Å². The van der Waals surface area contributed by atoms with Gasteiger partial charge in [0.25, 0.3) is 0 Å². The molecule has 17 heavy (non-hydrogen) atoms. The molecule has 92 valence electrons. The fourth-order valence-corrected chi connectivity index (χ4v) is 1.50. The van der Waals surface area contributed by atoms with E-state index in [0.717, 1.165) is 19.3 Å². The van der Waals surface area contributed by atoms with Gasteiger partial charge in [-0.3, -0.25) is 4.68 Å². The standard InChI is InChI=1S/C12H17N3O2/c1-12(2,9-13)6-3-4-7-15-8-5-10(14-15)11(16)17/h5,8H,3-4,6-7H2,1-2H3,(H,16,17). The van der Waals surface area contributed by atoms with Crippen molar-refractivity contribution in [3.63, 3.8) is 0 Å². The lowest BCUT2D eigenvalue weighted by Crippen LogP contribution is -2.08. The van der Waals surface area contributed by atoms with Crippen LogP contribution in [0.4, 0.5) is 0 Å². The zero-order chi connectivity index (χ0) is 12.9. The number of carbonyl (C=O) groups is 1. The molecule has 0 aliphatic carbocycles. The van der Waals surface area contributed by atoms with Crippen LogP contribution >= 0.6 is 0 Å². The number of nitriles is 1. The number of aromatic carboxylic acids is 1. The number of aromatic nitrogens is 2.